The molecule has 0 bridgehead atoms. The second-order valence-corrected chi connectivity index (χ2v) is 4.59. The quantitative estimate of drug-likeness (QED) is 0.903. The van der Waals surface area contributed by atoms with Crippen LogP contribution >= 0.6 is 0 Å². The van der Waals surface area contributed by atoms with Gasteiger partial charge in [0.1, 0.15) is 11.6 Å². The molecule has 0 atom stereocenters. The lowest BCUT2D eigenvalue weighted by Gasteiger charge is -2.27. The summed E-state index contributed by atoms with van der Waals surface area (Å²) >= 11 is 0. The summed E-state index contributed by atoms with van der Waals surface area (Å²) in [6, 6.07) is 7.94. The Balaban J connectivity index is 1.97. The molecule has 1 aromatic heterocycles. The molecule has 0 aliphatic carbocycles. The summed E-state index contributed by atoms with van der Waals surface area (Å²) in [6.45, 7) is 2.75. The molecule has 20 heavy (non-hydrogen) atoms. The summed E-state index contributed by atoms with van der Waals surface area (Å²) in [7, 11) is 0. The minimum absolute atomic E-state index is 0.299. The lowest BCUT2D eigenvalue weighted by Crippen LogP contribution is -2.37. The van der Waals surface area contributed by atoms with Crippen molar-refractivity contribution in [2.24, 2.45) is 0 Å². The minimum Gasteiger partial charge on any atom is -0.384 e. The molecular formula is C14H15FN4O. The number of anilines is 2. The Kier molecular flexibility index (Phi) is 3.47. The van der Waals surface area contributed by atoms with Gasteiger partial charge in [-0.15, -0.1) is 0 Å². The normalized spacial score (nSPS) is 15.3. The Bertz CT molecular complexity index is 614. The Labute approximate surface area is 116 Å². The zero-order chi connectivity index (χ0) is 13.9. The van der Waals surface area contributed by atoms with Crippen molar-refractivity contribution in [2.45, 2.75) is 0 Å². The molecule has 104 valence electrons. The Morgan fingerprint density at radius 3 is 2.70 bits per heavy atom. The topological polar surface area (TPSA) is 64.3 Å². The molecule has 1 aromatic carbocycles. The first-order valence-corrected chi connectivity index (χ1v) is 6.45. The second-order valence-electron chi connectivity index (χ2n) is 4.59. The summed E-state index contributed by atoms with van der Waals surface area (Å²) in [4.78, 5) is 10.7. The highest BCUT2D eigenvalue weighted by Gasteiger charge is 2.15. The van der Waals surface area contributed by atoms with Gasteiger partial charge in [0.15, 0.2) is 0 Å². The number of aromatic nitrogens is 2. The van der Waals surface area contributed by atoms with Gasteiger partial charge in [-0.25, -0.2) is 9.37 Å². The summed E-state index contributed by atoms with van der Waals surface area (Å²) < 4.78 is 18.6. The van der Waals surface area contributed by atoms with E-state index in [-0.39, 0.29) is 5.82 Å². The van der Waals surface area contributed by atoms with Crippen LogP contribution in [-0.2, 0) is 4.74 Å². The highest BCUT2D eigenvalue weighted by atomic mass is 19.1. The molecule has 2 aromatic rings. The van der Waals surface area contributed by atoms with Crippen molar-refractivity contribution in [3.8, 4) is 11.3 Å². The van der Waals surface area contributed by atoms with E-state index in [9.17, 15) is 4.39 Å². The number of benzene rings is 1. The first kappa shape index (κ1) is 12.8. The predicted octanol–water partition coefficient (Wildman–Crippen LogP) is 1.70. The Morgan fingerprint density at radius 1 is 1.15 bits per heavy atom. The van der Waals surface area contributed by atoms with Crippen molar-refractivity contribution in [3.63, 3.8) is 0 Å². The van der Waals surface area contributed by atoms with Gasteiger partial charge in [-0.3, -0.25) is 0 Å². The maximum Gasteiger partial charge on any atom is 0.228 e. The van der Waals surface area contributed by atoms with Crippen molar-refractivity contribution < 1.29 is 9.13 Å². The molecule has 6 heteroatoms. The van der Waals surface area contributed by atoms with Crippen LogP contribution in [0.4, 0.5) is 16.2 Å². The average molecular weight is 274 g/mol. The van der Waals surface area contributed by atoms with E-state index in [1.54, 1.807) is 18.2 Å². The Hall–Kier alpha value is -2.21. The molecule has 1 saturated heterocycles. The van der Waals surface area contributed by atoms with E-state index in [4.69, 9.17) is 10.5 Å². The molecule has 0 radical (unpaired) electrons. The zero-order valence-electron chi connectivity index (χ0n) is 10.9. The first-order valence-electron chi connectivity index (χ1n) is 6.45. The van der Waals surface area contributed by atoms with Gasteiger partial charge in [-0.2, -0.15) is 4.98 Å². The van der Waals surface area contributed by atoms with Crippen LogP contribution in [-0.4, -0.2) is 36.3 Å². The largest absolute Gasteiger partial charge is 0.384 e. The van der Waals surface area contributed by atoms with Gasteiger partial charge in [0, 0.05) is 24.7 Å². The number of ether oxygens (including phenoxy) is 1. The van der Waals surface area contributed by atoms with Crippen LogP contribution in [0.1, 0.15) is 0 Å². The summed E-state index contributed by atoms with van der Waals surface area (Å²) in [5, 5.41) is 0. The third-order valence-electron chi connectivity index (χ3n) is 3.15. The number of nitrogens with two attached hydrogens (primary N) is 1. The van der Waals surface area contributed by atoms with E-state index in [0.29, 0.717) is 36.2 Å². The van der Waals surface area contributed by atoms with Crippen LogP contribution in [0.2, 0.25) is 0 Å². The van der Waals surface area contributed by atoms with E-state index >= 15 is 0 Å². The highest BCUT2D eigenvalue weighted by Crippen LogP contribution is 2.22. The molecule has 2 N–H and O–H groups in total. The lowest BCUT2D eigenvalue weighted by molar-refractivity contribution is 0.122. The van der Waals surface area contributed by atoms with Crippen molar-refractivity contribution in [3.05, 3.63) is 36.1 Å². The highest BCUT2D eigenvalue weighted by molar-refractivity contribution is 5.63. The van der Waals surface area contributed by atoms with E-state index in [1.165, 1.54) is 12.1 Å². The fourth-order valence-corrected chi connectivity index (χ4v) is 2.15. The van der Waals surface area contributed by atoms with Gasteiger partial charge in [-0.1, -0.05) is 12.1 Å². The third-order valence-corrected chi connectivity index (χ3v) is 3.15. The number of hydrogen-bond donors (Lipinski definition) is 1. The van der Waals surface area contributed by atoms with Gasteiger partial charge in [0.05, 0.1) is 18.9 Å². The Morgan fingerprint density at radius 2 is 1.95 bits per heavy atom. The van der Waals surface area contributed by atoms with Crippen molar-refractivity contribution >= 4 is 11.8 Å². The first-order chi connectivity index (χ1) is 9.72. The van der Waals surface area contributed by atoms with Gasteiger partial charge in [0.2, 0.25) is 5.95 Å². The third kappa shape index (κ3) is 2.70. The van der Waals surface area contributed by atoms with Crippen LogP contribution in [0.15, 0.2) is 30.3 Å². The molecule has 5 nitrogen and oxygen atoms in total. The monoisotopic (exact) mass is 274 g/mol. The number of halogens is 1. The van der Waals surface area contributed by atoms with Crippen molar-refractivity contribution in [2.75, 3.05) is 36.9 Å². The van der Waals surface area contributed by atoms with Crippen LogP contribution in [0, 0.1) is 5.82 Å². The predicted molar refractivity (Wildman–Crippen MR) is 74.9 cm³/mol. The maximum absolute atomic E-state index is 13.3. The summed E-state index contributed by atoms with van der Waals surface area (Å²) in [6.07, 6.45) is 0. The van der Waals surface area contributed by atoms with Gasteiger partial charge in [-0.05, 0) is 12.1 Å². The van der Waals surface area contributed by atoms with Gasteiger partial charge >= 0.3 is 0 Å². The molecule has 0 spiro atoms. The number of hydrogen-bond acceptors (Lipinski definition) is 5. The molecule has 1 aliphatic rings. The smallest absolute Gasteiger partial charge is 0.228 e. The van der Waals surface area contributed by atoms with Crippen molar-refractivity contribution in [1.82, 2.24) is 9.97 Å². The number of rotatable bonds is 2. The van der Waals surface area contributed by atoms with Crippen molar-refractivity contribution in [1.29, 1.82) is 0 Å². The molecule has 0 amide bonds. The molecule has 0 saturated carbocycles. The molecule has 1 aliphatic heterocycles. The summed E-state index contributed by atoms with van der Waals surface area (Å²) in [5.74, 6) is 0.640. The SMILES string of the molecule is Nc1cc(-c2cccc(F)c2)nc(N2CCOCC2)n1. The van der Waals surface area contributed by atoms with E-state index < -0.39 is 0 Å². The van der Waals surface area contributed by atoms with Crippen LogP contribution in [0.5, 0.6) is 0 Å². The van der Waals surface area contributed by atoms with Crippen LogP contribution < -0.4 is 10.6 Å². The number of nitrogens with zero attached hydrogens (tertiary/aromatic N) is 3. The molecule has 3 rings (SSSR count). The fourth-order valence-electron chi connectivity index (χ4n) is 2.15. The zero-order valence-corrected chi connectivity index (χ0v) is 10.9. The van der Waals surface area contributed by atoms with Crippen LogP contribution in [0.3, 0.4) is 0 Å². The fraction of sp³-hybridized carbons (Fsp3) is 0.286. The van der Waals surface area contributed by atoms with E-state index in [1.807, 2.05) is 4.90 Å². The molecule has 1 fully saturated rings. The summed E-state index contributed by atoms with van der Waals surface area (Å²) in [5.41, 5.74) is 7.15. The molecule has 2 heterocycles. The maximum atomic E-state index is 13.3. The minimum atomic E-state index is -0.299. The van der Waals surface area contributed by atoms with E-state index in [0.717, 1.165) is 13.1 Å². The second kappa shape index (κ2) is 5.42. The van der Waals surface area contributed by atoms with E-state index in [2.05, 4.69) is 9.97 Å². The molecule has 0 unspecified atom stereocenters. The van der Waals surface area contributed by atoms with Gasteiger partial charge in [0.25, 0.3) is 0 Å². The number of morpholine rings is 1. The number of nitrogen functional groups attached to an aromatic ring is 1. The van der Waals surface area contributed by atoms with Crippen LogP contribution in [0.25, 0.3) is 11.3 Å². The molecular weight excluding hydrogens is 259 g/mol. The lowest BCUT2D eigenvalue weighted by atomic mass is 10.1. The average Bonchev–Trinajstić information content (AvgIpc) is 2.47. The standard InChI is InChI=1S/C14H15FN4O/c15-11-3-1-2-10(8-11)12-9-13(16)18-14(17-12)19-4-6-20-7-5-19/h1-3,8-9H,4-7H2,(H2,16,17,18). The van der Waals surface area contributed by atoms with Gasteiger partial charge < -0.3 is 15.4 Å².